The second-order valence-electron chi connectivity index (χ2n) is 5.59. The van der Waals surface area contributed by atoms with Crippen LogP contribution in [0.15, 0.2) is 54.6 Å². The molecule has 0 spiro atoms. The van der Waals surface area contributed by atoms with Gasteiger partial charge in [-0.25, -0.2) is 9.59 Å². The molecule has 3 rings (SSSR count). The van der Waals surface area contributed by atoms with Gasteiger partial charge < -0.3 is 19.2 Å². The lowest BCUT2D eigenvalue weighted by Gasteiger charge is -2.06. The summed E-state index contributed by atoms with van der Waals surface area (Å²) in [6.45, 7) is 1.99. The van der Waals surface area contributed by atoms with Gasteiger partial charge in [0.15, 0.2) is 6.61 Å². The molecular formula is C20H19NO5. The molecule has 0 aliphatic rings. The Morgan fingerprint density at radius 2 is 1.81 bits per heavy atom. The van der Waals surface area contributed by atoms with Crippen molar-refractivity contribution >= 4 is 22.8 Å². The maximum atomic E-state index is 12.0. The van der Waals surface area contributed by atoms with Crippen molar-refractivity contribution < 1.29 is 23.8 Å². The van der Waals surface area contributed by atoms with Gasteiger partial charge in [-0.1, -0.05) is 30.3 Å². The molecule has 0 atom stereocenters. The Labute approximate surface area is 150 Å². The van der Waals surface area contributed by atoms with Crippen molar-refractivity contribution in [1.29, 1.82) is 0 Å². The Kier molecular flexibility index (Phi) is 5.53. The third-order valence-electron chi connectivity index (χ3n) is 3.69. The summed E-state index contributed by atoms with van der Waals surface area (Å²) >= 11 is 0. The van der Waals surface area contributed by atoms with Gasteiger partial charge in [-0.3, -0.25) is 0 Å². The Bertz CT molecular complexity index is 901. The zero-order valence-corrected chi connectivity index (χ0v) is 14.4. The van der Waals surface area contributed by atoms with Gasteiger partial charge in [-0.05, 0) is 36.8 Å². The van der Waals surface area contributed by atoms with Crippen LogP contribution in [0.2, 0.25) is 0 Å². The van der Waals surface area contributed by atoms with Gasteiger partial charge in [0.05, 0.1) is 6.61 Å². The zero-order chi connectivity index (χ0) is 18.4. The van der Waals surface area contributed by atoms with Crippen molar-refractivity contribution in [2.45, 2.75) is 13.5 Å². The van der Waals surface area contributed by atoms with Crippen LogP contribution >= 0.6 is 0 Å². The fourth-order valence-corrected chi connectivity index (χ4v) is 2.46. The van der Waals surface area contributed by atoms with Crippen LogP contribution in [-0.4, -0.2) is 30.1 Å². The quantitative estimate of drug-likeness (QED) is 0.658. The Morgan fingerprint density at radius 3 is 2.58 bits per heavy atom. The highest BCUT2D eigenvalue weighted by Gasteiger charge is 2.14. The molecule has 1 N–H and O–H groups in total. The van der Waals surface area contributed by atoms with Crippen LogP contribution in [0, 0.1) is 0 Å². The van der Waals surface area contributed by atoms with E-state index in [2.05, 4.69) is 4.98 Å². The van der Waals surface area contributed by atoms with Gasteiger partial charge in [-0.2, -0.15) is 0 Å². The topological polar surface area (TPSA) is 77.6 Å². The summed E-state index contributed by atoms with van der Waals surface area (Å²) in [5, 5.41) is 0.818. The van der Waals surface area contributed by atoms with Gasteiger partial charge in [-0.15, -0.1) is 0 Å². The summed E-state index contributed by atoms with van der Waals surface area (Å²) in [7, 11) is 0. The van der Waals surface area contributed by atoms with Crippen molar-refractivity contribution in [3.63, 3.8) is 0 Å². The predicted molar refractivity (Wildman–Crippen MR) is 96.0 cm³/mol. The lowest BCUT2D eigenvalue weighted by atomic mass is 10.2. The molecule has 1 heterocycles. The second kappa shape index (κ2) is 8.20. The molecule has 0 radical (unpaired) electrons. The van der Waals surface area contributed by atoms with E-state index in [1.807, 2.05) is 48.5 Å². The molecule has 3 aromatic rings. The first-order valence-corrected chi connectivity index (χ1v) is 8.28. The number of rotatable bonds is 7. The van der Waals surface area contributed by atoms with E-state index in [0.29, 0.717) is 12.4 Å². The molecule has 6 heteroatoms. The van der Waals surface area contributed by atoms with Crippen molar-refractivity contribution in [3.05, 3.63) is 65.9 Å². The van der Waals surface area contributed by atoms with Crippen molar-refractivity contribution in [2.75, 3.05) is 13.2 Å². The summed E-state index contributed by atoms with van der Waals surface area (Å²) in [5.41, 5.74) is 2.12. The van der Waals surface area contributed by atoms with Crippen LogP contribution in [0.1, 0.15) is 23.0 Å². The third kappa shape index (κ3) is 4.42. The van der Waals surface area contributed by atoms with Crippen LogP contribution in [0.5, 0.6) is 5.75 Å². The fourth-order valence-electron chi connectivity index (χ4n) is 2.46. The highest BCUT2D eigenvalue weighted by Crippen LogP contribution is 2.23. The largest absolute Gasteiger partial charge is 0.489 e. The van der Waals surface area contributed by atoms with E-state index in [4.69, 9.17) is 14.2 Å². The molecule has 0 aliphatic heterocycles. The summed E-state index contributed by atoms with van der Waals surface area (Å²) in [6.07, 6.45) is 0. The number of aromatic nitrogens is 1. The van der Waals surface area contributed by atoms with Crippen molar-refractivity contribution in [1.82, 2.24) is 4.98 Å². The standard InChI is InChI=1S/C20H19NO5/c1-2-24-19(22)13-26-20(23)18-11-15-10-16(8-9-17(15)21-18)25-12-14-6-4-3-5-7-14/h3-11,21H,2,12-13H2,1H3. The Hall–Kier alpha value is -3.28. The molecule has 0 saturated carbocycles. The number of carbonyl (C=O) groups excluding carboxylic acids is 2. The van der Waals surface area contributed by atoms with Crippen molar-refractivity contribution in [3.8, 4) is 5.75 Å². The maximum Gasteiger partial charge on any atom is 0.355 e. The molecule has 0 amide bonds. The van der Waals surface area contributed by atoms with Crippen LogP contribution in [0.3, 0.4) is 0 Å². The first kappa shape index (κ1) is 17.5. The lowest BCUT2D eigenvalue weighted by molar-refractivity contribution is -0.146. The van der Waals surface area contributed by atoms with Gasteiger partial charge in [0.25, 0.3) is 0 Å². The number of hydrogen-bond donors (Lipinski definition) is 1. The van der Waals surface area contributed by atoms with E-state index >= 15 is 0 Å². The van der Waals surface area contributed by atoms with Crippen LogP contribution in [0.25, 0.3) is 10.9 Å². The number of benzene rings is 2. The first-order chi connectivity index (χ1) is 12.7. The number of fused-ring (bicyclic) bond motifs is 1. The molecule has 26 heavy (non-hydrogen) atoms. The van der Waals surface area contributed by atoms with E-state index in [9.17, 15) is 9.59 Å². The average molecular weight is 353 g/mol. The first-order valence-electron chi connectivity index (χ1n) is 8.28. The van der Waals surface area contributed by atoms with Gasteiger partial charge in [0.1, 0.15) is 18.1 Å². The molecule has 2 aromatic carbocycles. The summed E-state index contributed by atoms with van der Waals surface area (Å²) < 4.78 is 15.4. The van der Waals surface area contributed by atoms with Crippen LogP contribution in [-0.2, 0) is 20.9 Å². The van der Waals surface area contributed by atoms with Gasteiger partial charge >= 0.3 is 11.9 Å². The van der Waals surface area contributed by atoms with Crippen LogP contribution < -0.4 is 4.74 Å². The zero-order valence-electron chi connectivity index (χ0n) is 14.4. The number of hydrogen-bond acceptors (Lipinski definition) is 5. The average Bonchev–Trinajstić information content (AvgIpc) is 3.09. The lowest BCUT2D eigenvalue weighted by Crippen LogP contribution is -2.16. The molecule has 0 unspecified atom stereocenters. The molecule has 1 aromatic heterocycles. The van der Waals surface area contributed by atoms with E-state index < -0.39 is 18.5 Å². The summed E-state index contributed by atoms with van der Waals surface area (Å²) in [5.74, 6) is -0.485. The molecule has 0 fully saturated rings. The van der Waals surface area contributed by atoms with Crippen molar-refractivity contribution in [2.24, 2.45) is 0 Å². The van der Waals surface area contributed by atoms with Gasteiger partial charge in [0, 0.05) is 10.9 Å². The normalized spacial score (nSPS) is 10.5. The number of carbonyl (C=O) groups is 2. The number of ether oxygens (including phenoxy) is 3. The molecule has 0 saturated heterocycles. The minimum absolute atomic E-state index is 0.245. The number of H-pyrrole nitrogens is 1. The second-order valence-corrected chi connectivity index (χ2v) is 5.59. The van der Waals surface area contributed by atoms with E-state index in [1.165, 1.54) is 0 Å². The predicted octanol–water partition coefficient (Wildman–Crippen LogP) is 3.47. The van der Waals surface area contributed by atoms with E-state index in [0.717, 1.165) is 16.5 Å². The highest BCUT2D eigenvalue weighted by molar-refractivity contribution is 5.95. The van der Waals surface area contributed by atoms with Gasteiger partial charge in [0.2, 0.25) is 0 Å². The van der Waals surface area contributed by atoms with E-state index in [-0.39, 0.29) is 12.3 Å². The minimum Gasteiger partial charge on any atom is -0.489 e. The monoisotopic (exact) mass is 353 g/mol. The fraction of sp³-hybridized carbons (Fsp3) is 0.200. The third-order valence-corrected chi connectivity index (χ3v) is 3.69. The molecule has 6 nitrogen and oxygen atoms in total. The number of nitrogens with one attached hydrogen (secondary N) is 1. The Morgan fingerprint density at radius 1 is 1.00 bits per heavy atom. The molecule has 0 aliphatic carbocycles. The number of esters is 2. The summed E-state index contributed by atoms with van der Waals surface area (Å²) in [4.78, 5) is 26.3. The molecule has 134 valence electrons. The highest BCUT2D eigenvalue weighted by atomic mass is 16.6. The smallest absolute Gasteiger partial charge is 0.355 e. The molecule has 0 bridgehead atoms. The van der Waals surface area contributed by atoms with Crippen LogP contribution in [0.4, 0.5) is 0 Å². The minimum atomic E-state index is -0.610. The SMILES string of the molecule is CCOC(=O)COC(=O)c1cc2cc(OCc3ccccc3)ccc2[nH]1. The summed E-state index contributed by atoms with van der Waals surface area (Å²) in [6, 6.07) is 17.0. The van der Waals surface area contributed by atoms with E-state index in [1.54, 1.807) is 13.0 Å². The number of aromatic amines is 1. The molecular weight excluding hydrogens is 334 g/mol. The Balaban J connectivity index is 1.65. The maximum absolute atomic E-state index is 12.0.